The quantitative estimate of drug-likeness (QED) is 0.935. The largest absolute Gasteiger partial charge is 0.508 e. The van der Waals surface area contributed by atoms with Crippen molar-refractivity contribution in [3.05, 3.63) is 40.9 Å². The number of rotatable bonds is 3. The molecule has 0 amide bonds. The van der Waals surface area contributed by atoms with Crippen molar-refractivity contribution >= 4 is 15.9 Å². The summed E-state index contributed by atoms with van der Waals surface area (Å²) in [7, 11) is 0. The van der Waals surface area contributed by atoms with Crippen LogP contribution in [0.2, 0.25) is 0 Å². The molecule has 6 heteroatoms. The van der Waals surface area contributed by atoms with E-state index in [-0.39, 0.29) is 0 Å². The van der Waals surface area contributed by atoms with Gasteiger partial charge in [-0.2, -0.15) is 5.10 Å². The first-order valence-electron chi connectivity index (χ1n) is 6.76. The molecule has 1 atom stereocenters. The van der Waals surface area contributed by atoms with E-state index < -0.39 is 0 Å². The zero-order valence-electron chi connectivity index (χ0n) is 11.1. The number of nitrogens with zero attached hydrogens (tertiary/aromatic N) is 4. The van der Waals surface area contributed by atoms with Crippen LogP contribution in [0.4, 0.5) is 0 Å². The number of halogens is 1. The van der Waals surface area contributed by atoms with Gasteiger partial charge in [0.15, 0.2) is 0 Å². The molecule has 0 spiro atoms. The van der Waals surface area contributed by atoms with E-state index in [1.807, 2.05) is 16.8 Å². The fourth-order valence-electron chi connectivity index (χ4n) is 2.72. The molecule has 1 saturated heterocycles. The van der Waals surface area contributed by atoms with Gasteiger partial charge in [0, 0.05) is 17.6 Å². The number of hydrogen-bond donors (Lipinski definition) is 1. The molecule has 0 bridgehead atoms. The predicted molar refractivity (Wildman–Crippen MR) is 79.4 cm³/mol. The van der Waals surface area contributed by atoms with Crippen molar-refractivity contribution in [1.82, 2.24) is 19.7 Å². The second-order valence-corrected chi connectivity index (χ2v) is 6.04. The Morgan fingerprint density at radius 3 is 3.10 bits per heavy atom. The van der Waals surface area contributed by atoms with Gasteiger partial charge in [-0.15, -0.1) is 0 Å². The van der Waals surface area contributed by atoms with Crippen molar-refractivity contribution in [2.75, 3.05) is 13.1 Å². The van der Waals surface area contributed by atoms with Gasteiger partial charge in [0.25, 0.3) is 0 Å². The maximum Gasteiger partial charge on any atom is 0.137 e. The minimum absolute atomic E-state index is 0.313. The zero-order valence-corrected chi connectivity index (χ0v) is 12.7. The second-order valence-electron chi connectivity index (χ2n) is 5.18. The Kier molecular flexibility index (Phi) is 4.03. The molecular weight excluding hydrogens is 320 g/mol. The van der Waals surface area contributed by atoms with Crippen LogP contribution < -0.4 is 0 Å². The summed E-state index contributed by atoms with van der Waals surface area (Å²) in [6.45, 7) is 2.87. The molecule has 106 valence electrons. The van der Waals surface area contributed by atoms with E-state index in [2.05, 4.69) is 30.9 Å². The summed E-state index contributed by atoms with van der Waals surface area (Å²) in [5, 5.41) is 13.9. The summed E-state index contributed by atoms with van der Waals surface area (Å²) in [4.78, 5) is 6.42. The Balaban J connectivity index is 1.70. The topological polar surface area (TPSA) is 54.2 Å². The first-order valence-corrected chi connectivity index (χ1v) is 7.55. The number of likely N-dealkylation sites (tertiary alicyclic amines) is 1. The van der Waals surface area contributed by atoms with E-state index in [1.54, 1.807) is 18.7 Å². The van der Waals surface area contributed by atoms with Crippen LogP contribution in [0.1, 0.15) is 24.4 Å². The van der Waals surface area contributed by atoms with Gasteiger partial charge in [-0.1, -0.05) is 15.9 Å². The smallest absolute Gasteiger partial charge is 0.137 e. The molecule has 1 aromatic heterocycles. The lowest BCUT2D eigenvalue weighted by Crippen LogP contribution is -2.36. The maximum atomic E-state index is 9.61. The van der Waals surface area contributed by atoms with Crippen molar-refractivity contribution in [3.8, 4) is 5.75 Å². The second kappa shape index (κ2) is 5.93. The fourth-order valence-corrected chi connectivity index (χ4v) is 3.09. The summed E-state index contributed by atoms with van der Waals surface area (Å²) < 4.78 is 2.99. The number of piperidine rings is 1. The first-order chi connectivity index (χ1) is 9.72. The Bertz CT molecular complexity index is 573. The van der Waals surface area contributed by atoms with Gasteiger partial charge in [-0.25, -0.2) is 9.67 Å². The minimum atomic E-state index is 0.313. The molecular formula is C14H17BrN4O. The molecule has 1 aliphatic heterocycles. The summed E-state index contributed by atoms with van der Waals surface area (Å²) in [6.07, 6.45) is 5.67. The maximum absolute atomic E-state index is 9.61. The fraction of sp³-hybridized carbons (Fsp3) is 0.429. The Labute approximate surface area is 126 Å². The molecule has 2 heterocycles. The SMILES string of the molecule is Oc1ccc(Br)c(CN2CCC[C@H](n3cncn3)C2)c1. The van der Waals surface area contributed by atoms with E-state index in [0.717, 1.165) is 42.5 Å². The summed E-state index contributed by atoms with van der Waals surface area (Å²) in [6, 6.07) is 5.80. The van der Waals surface area contributed by atoms with Gasteiger partial charge >= 0.3 is 0 Å². The average molecular weight is 337 g/mol. The molecule has 1 aromatic carbocycles. The number of phenols is 1. The monoisotopic (exact) mass is 336 g/mol. The molecule has 2 aromatic rings. The van der Waals surface area contributed by atoms with Crippen molar-refractivity contribution in [2.24, 2.45) is 0 Å². The highest BCUT2D eigenvalue weighted by Gasteiger charge is 2.22. The Morgan fingerprint density at radius 2 is 2.30 bits per heavy atom. The molecule has 20 heavy (non-hydrogen) atoms. The normalized spacial score (nSPS) is 20.1. The van der Waals surface area contributed by atoms with Gasteiger partial charge in [0.1, 0.15) is 18.4 Å². The third-order valence-electron chi connectivity index (χ3n) is 3.71. The zero-order chi connectivity index (χ0) is 13.9. The Morgan fingerprint density at radius 1 is 1.40 bits per heavy atom. The van der Waals surface area contributed by atoms with E-state index in [1.165, 1.54) is 0 Å². The van der Waals surface area contributed by atoms with Crippen molar-refractivity contribution in [3.63, 3.8) is 0 Å². The van der Waals surface area contributed by atoms with Crippen LogP contribution in [0.15, 0.2) is 35.3 Å². The number of hydrogen-bond acceptors (Lipinski definition) is 4. The summed E-state index contributed by atoms with van der Waals surface area (Å²) in [5.41, 5.74) is 1.12. The lowest BCUT2D eigenvalue weighted by Gasteiger charge is -2.32. The Hall–Kier alpha value is -1.40. The number of aromatic hydroxyl groups is 1. The van der Waals surface area contributed by atoms with Crippen LogP contribution in [0.25, 0.3) is 0 Å². The van der Waals surface area contributed by atoms with Gasteiger partial charge in [-0.05, 0) is 43.1 Å². The van der Waals surface area contributed by atoms with Gasteiger partial charge in [-0.3, -0.25) is 4.90 Å². The van der Waals surface area contributed by atoms with Gasteiger partial charge in [0.2, 0.25) is 0 Å². The highest BCUT2D eigenvalue weighted by molar-refractivity contribution is 9.10. The molecule has 0 radical (unpaired) electrons. The molecule has 1 aliphatic rings. The molecule has 0 saturated carbocycles. The number of benzene rings is 1. The number of aromatic nitrogens is 3. The summed E-state index contributed by atoms with van der Waals surface area (Å²) >= 11 is 3.55. The summed E-state index contributed by atoms with van der Waals surface area (Å²) in [5.74, 6) is 0.313. The molecule has 0 aliphatic carbocycles. The molecule has 5 nitrogen and oxygen atoms in total. The molecule has 1 fully saturated rings. The van der Waals surface area contributed by atoms with Gasteiger partial charge in [0.05, 0.1) is 6.04 Å². The van der Waals surface area contributed by atoms with E-state index in [4.69, 9.17) is 0 Å². The minimum Gasteiger partial charge on any atom is -0.508 e. The lowest BCUT2D eigenvalue weighted by atomic mass is 10.0. The van der Waals surface area contributed by atoms with Crippen LogP contribution in [-0.2, 0) is 6.54 Å². The highest BCUT2D eigenvalue weighted by Crippen LogP contribution is 2.26. The third kappa shape index (κ3) is 3.02. The van der Waals surface area contributed by atoms with Crippen LogP contribution in [0.5, 0.6) is 5.75 Å². The van der Waals surface area contributed by atoms with Gasteiger partial charge < -0.3 is 5.11 Å². The first kappa shape index (κ1) is 13.6. The standard InChI is InChI=1S/C14H17BrN4O/c15-14-4-3-13(20)6-11(14)7-18-5-1-2-12(8-18)19-10-16-9-17-19/h3-4,6,9-10,12,20H,1-2,5,7-8H2/t12-/m0/s1. The van der Waals surface area contributed by atoms with Crippen LogP contribution >= 0.6 is 15.9 Å². The van der Waals surface area contributed by atoms with Crippen LogP contribution in [0.3, 0.4) is 0 Å². The van der Waals surface area contributed by atoms with Crippen LogP contribution in [-0.4, -0.2) is 37.9 Å². The third-order valence-corrected chi connectivity index (χ3v) is 4.49. The molecule has 0 unspecified atom stereocenters. The van der Waals surface area contributed by atoms with Crippen molar-refractivity contribution in [1.29, 1.82) is 0 Å². The number of phenolic OH excluding ortho intramolecular Hbond substituents is 1. The van der Waals surface area contributed by atoms with E-state index in [9.17, 15) is 5.11 Å². The van der Waals surface area contributed by atoms with E-state index in [0.29, 0.717) is 11.8 Å². The predicted octanol–water partition coefficient (Wildman–Crippen LogP) is 2.58. The highest BCUT2D eigenvalue weighted by atomic mass is 79.9. The van der Waals surface area contributed by atoms with E-state index >= 15 is 0 Å². The van der Waals surface area contributed by atoms with Crippen LogP contribution in [0, 0.1) is 0 Å². The van der Waals surface area contributed by atoms with Crippen molar-refractivity contribution in [2.45, 2.75) is 25.4 Å². The van der Waals surface area contributed by atoms with Crippen molar-refractivity contribution < 1.29 is 5.11 Å². The average Bonchev–Trinajstić information content (AvgIpc) is 2.97. The lowest BCUT2D eigenvalue weighted by molar-refractivity contribution is 0.162. The molecule has 3 rings (SSSR count). The molecule has 1 N–H and O–H groups in total.